The van der Waals surface area contributed by atoms with Gasteiger partial charge in [0.1, 0.15) is 6.10 Å². The highest BCUT2D eigenvalue weighted by molar-refractivity contribution is 5.76. The molecule has 2 nitrogen and oxygen atoms in total. The Morgan fingerprint density at radius 2 is 2.25 bits per heavy atom. The van der Waals surface area contributed by atoms with Gasteiger partial charge in [-0.2, -0.15) is 0 Å². The zero-order valence-electron chi connectivity index (χ0n) is 7.32. The molecule has 0 spiro atoms. The van der Waals surface area contributed by atoms with Crippen LogP contribution in [0.2, 0.25) is 0 Å². The number of hydrogen-bond acceptors (Lipinski definition) is 2. The van der Waals surface area contributed by atoms with Crippen molar-refractivity contribution in [2.24, 2.45) is 23.7 Å². The van der Waals surface area contributed by atoms with Crippen molar-refractivity contribution in [1.82, 2.24) is 0 Å². The highest BCUT2D eigenvalue weighted by Crippen LogP contribution is 2.53. The summed E-state index contributed by atoms with van der Waals surface area (Å²) in [5.74, 6) is 2.37. The monoisotopic (exact) mass is 166 g/mol. The van der Waals surface area contributed by atoms with E-state index < -0.39 is 0 Å². The first-order valence-corrected chi connectivity index (χ1v) is 4.98. The third-order valence-electron chi connectivity index (χ3n) is 4.18. The van der Waals surface area contributed by atoms with E-state index in [1.165, 1.54) is 12.8 Å². The molecular weight excluding hydrogens is 152 g/mol. The van der Waals surface area contributed by atoms with E-state index in [1.54, 1.807) is 0 Å². The van der Waals surface area contributed by atoms with Crippen LogP contribution in [0.5, 0.6) is 0 Å². The van der Waals surface area contributed by atoms with E-state index in [4.69, 9.17) is 4.74 Å². The Labute approximate surface area is 72.3 Å². The summed E-state index contributed by atoms with van der Waals surface area (Å²) in [6.07, 6.45) is 3.96. The van der Waals surface area contributed by atoms with E-state index in [0.717, 1.165) is 12.3 Å². The molecule has 3 saturated carbocycles. The maximum atomic E-state index is 11.4. The van der Waals surface area contributed by atoms with Gasteiger partial charge in [-0.1, -0.05) is 6.92 Å². The van der Waals surface area contributed by atoms with Crippen LogP contribution in [-0.4, -0.2) is 12.1 Å². The smallest absolute Gasteiger partial charge is 0.309 e. The van der Waals surface area contributed by atoms with E-state index in [2.05, 4.69) is 6.92 Å². The largest absolute Gasteiger partial charge is 0.462 e. The maximum Gasteiger partial charge on any atom is 0.309 e. The first-order chi connectivity index (χ1) is 5.77. The van der Waals surface area contributed by atoms with Crippen molar-refractivity contribution >= 4 is 5.97 Å². The molecular formula is C10H14O2. The van der Waals surface area contributed by atoms with Gasteiger partial charge in [0.15, 0.2) is 0 Å². The summed E-state index contributed by atoms with van der Waals surface area (Å²) in [6, 6.07) is 0. The zero-order valence-corrected chi connectivity index (χ0v) is 7.32. The molecule has 1 aliphatic heterocycles. The molecule has 4 bridgehead atoms. The molecule has 0 N–H and O–H groups in total. The quantitative estimate of drug-likeness (QED) is 0.511. The van der Waals surface area contributed by atoms with Gasteiger partial charge in [0.05, 0.1) is 5.92 Å². The van der Waals surface area contributed by atoms with E-state index in [-0.39, 0.29) is 18.0 Å². The SMILES string of the molecule is C[C@H]1C2CCC3C(C2)C(=O)OC31. The summed E-state index contributed by atoms with van der Waals surface area (Å²) in [4.78, 5) is 11.4. The second kappa shape index (κ2) is 2.04. The molecule has 0 amide bonds. The van der Waals surface area contributed by atoms with E-state index >= 15 is 0 Å². The number of ether oxygens (including phenoxy) is 1. The summed E-state index contributed by atoms with van der Waals surface area (Å²) in [5.41, 5.74) is 0. The van der Waals surface area contributed by atoms with Crippen LogP contribution in [0.25, 0.3) is 0 Å². The average molecular weight is 166 g/mol. The number of esters is 1. The normalized spacial score (nSPS) is 55.8. The molecule has 0 radical (unpaired) electrons. The van der Waals surface area contributed by atoms with Crippen molar-refractivity contribution in [2.75, 3.05) is 0 Å². The fourth-order valence-corrected chi connectivity index (χ4v) is 3.44. The van der Waals surface area contributed by atoms with Gasteiger partial charge in [0.25, 0.3) is 0 Å². The van der Waals surface area contributed by atoms with Crippen LogP contribution in [0.4, 0.5) is 0 Å². The summed E-state index contributed by atoms with van der Waals surface area (Å²) in [5, 5.41) is 0. The molecule has 1 saturated heterocycles. The highest BCUT2D eigenvalue weighted by Gasteiger charge is 2.56. The topological polar surface area (TPSA) is 26.3 Å². The van der Waals surface area contributed by atoms with Gasteiger partial charge in [0.2, 0.25) is 0 Å². The summed E-state index contributed by atoms with van der Waals surface area (Å²) < 4.78 is 5.39. The first kappa shape index (κ1) is 6.93. The van der Waals surface area contributed by atoms with Gasteiger partial charge < -0.3 is 4.74 Å². The molecule has 0 aromatic rings. The minimum absolute atomic E-state index is 0.0963. The molecule has 0 aromatic heterocycles. The molecule has 4 aliphatic rings. The second-order valence-corrected chi connectivity index (χ2v) is 4.60. The maximum absolute atomic E-state index is 11.4. The number of carbonyl (C=O) groups is 1. The summed E-state index contributed by atoms with van der Waals surface area (Å²) >= 11 is 0. The lowest BCUT2D eigenvalue weighted by Gasteiger charge is -2.43. The van der Waals surface area contributed by atoms with Gasteiger partial charge >= 0.3 is 5.97 Å². The van der Waals surface area contributed by atoms with Crippen LogP contribution >= 0.6 is 0 Å². The Kier molecular flexibility index (Phi) is 1.18. The second-order valence-electron chi connectivity index (χ2n) is 4.60. The van der Waals surface area contributed by atoms with E-state index in [0.29, 0.717) is 11.8 Å². The minimum Gasteiger partial charge on any atom is -0.462 e. The van der Waals surface area contributed by atoms with Crippen molar-refractivity contribution in [2.45, 2.75) is 32.3 Å². The fraction of sp³-hybridized carbons (Fsp3) is 0.900. The lowest BCUT2D eigenvalue weighted by atomic mass is 9.60. The Hall–Kier alpha value is -0.530. The summed E-state index contributed by atoms with van der Waals surface area (Å²) in [7, 11) is 0. The predicted octanol–water partition coefficient (Wildman–Crippen LogP) is 1.59. The average Bonchev–Trinajstić information content (AvgIpc) is 2.37. The van der Waals surface area contributed by atoms with E-state index in [9.17, 15) is 4.79 Å². The molecule has 4 unspecified atom stereocenters. The van der Waals surface area contributed by atoms with Crippen LogP contribution in [0, 0.1) is 23.7 Å². The van der Waals surface area contributed by atoms with Crippen LogP contribution in [0.3, 0.4) is 0 Å². The number of rotatable bonds is 0. The molecule has 5 atom stereocenters. The highest BCUT2D eigenvalue weighted by atomic mass is 16.6. The number of hydrogen-bond donors (Lipinski definition) is 0. The number of carbonyl (C=O) groups excluding carboxylic acids is 1. The fourth-order valence-electron chi connectivity index (χ4n) is 3.44. The van der Waals surface area contributed by atoms with Crippen molar-refractivity contribution in [1.29, 1.82) is 0 Å². The van der Waals surface area contributed by atoms with Gasteiger partial charge in [-0.15, -0.1) is 0 Å². The Morgan fingerprint density at radius 3 is 3.00 bits per heavy atom. The lowest BCUT2D eigenvalue weighted by molar-refractivity contribution is -0.144. The molecule has 1 heterocycles. The molecule has 2 heteroatoms. The lowest BCUT2D eigenvalue weighted by Crippen LogP contribution is -2.43. The first-order valence-electron chi connectivity index (χ1n) is 4.98. The molecule has 4 fully saturated rings. The Morgan fingerprint density at radius 1 is 1.42 bits per heavy atom. The Bertz CT molecular complexity index is 236. The minimum atomic E-state index is 0.0963. The summed E-state index contributed by atoms with van der Waals surface area (Å²) in [6.45, 7) is 2.25. The van der Waals surface area contributed by atoms with Crippen LogP contribution in [0.1, 0.15) is 26.2 Å². The molecule has 0 aromatic carbocycles. The van der Waals surface area contributed by atoms with Crippen molar-refractivity contribution < 1.29 is 9.53 Å². The third-order valence-corrected chi connectivity index (χ3v) is 4.18. The molecule has 4 rings (SSSR count). The van der Waals surface area contributed by atoms with Crippen LogP contribution < -0.4 is 0 Å². The molecule has 12 heavy (non-hydrogen) atoms. The van der Waals surface area contributed by atoms with E-state index in [1.807, 2.05) is 0 Å². The van der Waals surface area contributed by atoms with Gasteiger partial charge in [0, 0.05) is 5.92 Å². The molecule has 3 aliphatic carbocycles. The van der Waals surface area contributed by atoms with Gasteiger partial charge in [-0.05, 0) is 31.1 Å². The Balaban J connectivity index is 2.00. The van der Waals surface area contributed by atoms with Crippen molar-refractivity contribution in [3.8, 4) is 0 Å². The van der Waals surface area contributed by atoms with Crippen molar-refractivity contribution in [3.63, 3.8) is 0 Å². The number of fused-ring (bicyclic) bond motifs is 1. The zero-order chi connectivity index (χ0) is 8.29. The standard InChI is InChI=1S/C10H14O2/c1-5-6-2-3-7-8(4-6)10(11)12-9(5)7/h5-9H,2-4H2,1H3/t5-,6?,7?,8?,9?/m0/s1. The van der Waals surface area contributed by atoms with Crippen LogP contribution in [-0.2, 0) is 9.53 Å². The predicted molar refractivity (Wildman–Crippen MR) is 43.4 cm³/mol. The van der Waals surface area contributed by atoms with Crippen LogP contribution in [0.15, 0.2) is 0 Å². The third kappa shape index (κ3) is 0.644. The van der Waals surface area contributed by atoms with Crippen molar-refractivity contribution in [3.05, 3.63) is 0 Å². The van der Waals surface area contributed by atoms with Gasteiger partial charge in [-0.25, -0.2) is 0 Å². The molecule has 66 valence electrons. The van der Waals surface area contributed by atoms with Gasteiger partial charge in [-0.3, -0.25) is 4.79 Å².